The summed E-state index contributed by atoms with van der Waals surface area (Å²) in [5.41, 5.74) is 7.05. The molecule has 0 radical (unpaired) electrons. The molecule has 3 rings (SSSR count). The van der Waals surface area contributed by atoms with Gasteiger partial charge in [-0.2, -0.15) is 0 Å². The molecule has 1 aromatic carbocycles. The summed E-state index contributed by atoms with van der Waals surface area (Å²) in [4.78, 5) is 25.1. The van der Waals surface area contributed by atoms with Crippen molar-refractivity contribution in [3.8, 4) is 5.75 Å². The lowest BCUT2D eigenvalue weighted by Crippen LogP contribution is -2.74. The van der Waals surface area contributed by atoms with Crippen LogP contribution >= 0.6 is 23.4 Å². The molecule has 4 N–H and O–H groups in total. The second kappa shape index (κ2) is 9.57. The molecule has 0 aliphatic carbocycles. The van der Waals surface area contributed by atoms with Gasteiger partial charge in [0, 0.05) is 0 Å². The predicted octanol–water partition coefficient (Wildman–Crippen LogP) is 1.26. The molecular weight excluding hydrogens is 426 g/mol. The molecule has 0 saturated carbocycles. The Bertz CT molecular complexity index is 791. The number of nitrogens with one attached hydrogen (secondary N) is 2. The number of nitrogens with zero attached hydrogens (tertiary/aromatic N) is 2. The number of hydrogen-bond acceptors (Lipinski definition) is 7. The summed E-state index contributed by atoms with van der Waals surface area (Å²) < 4.78 is 6.55. The summed E-state index contributed by atoms with van der Waals surface area (Å²) in [5, 5.41) is 4.88. The van der Waals surface area contributed by atoms with E-state index in [0.717, 1.165) is 23.1 Å². The summed E-state index contributed by atoms with van der Waals surface area (Å²) in [6, 6.07) is 7.32. The highest BCUT2D eigenvalue weighted by molar-refractivity contribution is 8.15. The minimum atomic E-state index is -0.369. The Morgan fingerprint density at radius 3 is 2.67 bits per heavy atom. The molecule has 2 saturated heterocycles. The van der Waals surface area contributed by atoms with Crippen LogP contribution in [0.25, 0.3) is 0 Å². The zero-order valence-corrected chi connectivity index (χ0v) is 18.8. The average Bonchev–Trinajstić information content (AvgIpc) is 3.02. The molecule has 0 bridgehead atoms. The molecule has 30 heavy (non-hydrogen) atoms. The van der Waals surface area contributed by atoms with Crippen LogP contribution in [-0.2, 0) is 11.2 Å². The van der Waals surface area contributed by atoms with Crippen LogP contribution in [0.3, 0.4) is 0 Å². The highest BCUT2D eigenvalue weighted by Gasteiger charge is 2.44. The molecule has 2 fully saturated rings. The fourth-order valence-electron chi connectivity index (χ4n) is 3.86. The predicted molar refractivity (Wildman–Crippen MR) is 119 cm³/mol. The van der Waals surface area contributed by atoms with Gasteiger partial charge in [-0.3, -0.25) is 24.7 Å². The highest BCUT2D eigenvalue weighted by Crippen LogP contribution is 2.25. The summed E-state index contributed by atoms with van der Waals surface area (Å²) >= 11 is 7.36. The van der Waals surface area contributed by atoms with Gasteiger partial charge in [-0.25, -0.2) is 0 Å². The van der Waals surface area contributed by atoms with E-state index in [1.165, 1.54) is 0 Å². The van der Waals surface area contributed by atoms with Crippen molar-refractivity contribution in [2.75, 3.05) is 33.9 Å². The van der Waals surface area contributed by atoms with Gasteiger partial charge in [0.1, 0.15) is 30.6 Å². The molecular formula is C20H29ClN5O3S+. The number of ether oxygens (including phenoxy) is 1. The molecule has 4 unspecified atom stereocenters. The number of halogens is 1. The topological polar surface area (TPSA) is 96.7 Å². The van der Waals surface area contributed by atoms with E-state index in [1.807, 2.05) is 24.3 Å². The van der Waals surface area contributed by atoms with Gasteiger partial charge in [0.2, 0.25) is 5.91 Å². The van der Waals surface area contributed by atoms with E-state index < -0.39 is 0 Å². The molecule has 2 aliphatic rings. The van der Waals surface area contributed by atoms with Crippen molar-refractivity contribution < 1.29 is 18.8 Å². The van der Waals surface area contributed by atoms with Crippen LogP contribution < -0.4 is 21.1 Å². The van der Waals surface area contributed by atoms with Crippen LogP contribution in [0.15, 0.2) is 37.0 Å². The molecule has 4 atom stereocenters. The molecule has 2 aliphatic heterocycles. The lowest BCUT2D eigenvalue weighted by atomic mass is 10.1. The van der Waals surface area contributed by atoms with Crippen molar-refractivity contribution in [2.45, 2.75) is 29.4 Å². The van der Waals surface area contributed by atoms with E-state index in [4.69, 9.17) is 22.1 Å². The van der Waals surface area contributed by atoms with Crippen molar-refractivity contribution in [3.63, 3.8) is 0 Å². The van der Waals surface area contributed by atoms with E-state index in [2.05, 4.69) is 36.2 Å². The maximum atomic E-state index is 11.7. The summed E-state index contributed by atoms with van der Waals surface area (Å²) in [5.74, 6) is 0.507. The minimum absolute atomic E-state index is 0.0185. The van der Waals surface area contributed by atoms with E-state index in [9.17, 15) is 9.59 Å². The van der Waals surface area contributed by atoms with Crippen LogP contribution in [0.5, 0.6) is 5.75 Å². The number of quaternary nitrogens is 1. The third kappa shape index (κ3) is 5.28. The number of benzene rings is 1. The number of imide groups is 1. The molecule has 1 aromatic rings. The zero-order valence-electron chi connectivity index (χ0n) is 17.2. The molecule has 164 valence electrons. The van der Waals surface area contributed by atoms with Gasteiger partial charge in [-0.05, 0) is 30.3 Å². The first-order chi connectivity index (χ1) is 14.2. The second-order valence-electron chi connectivity index (χ2n) is 8.03. The third-order valence-corrected chi connectivity index (χ3v) is 6.82. The summed E-state index contributed by atoms with van der Waals surface area (Å²) in [6.45, 7) is 5.74. The Morgan fingerprint density at radius 2 is 2.07 bits per heavy atom. The second-order valence-corrected chi connectivity index (χ2v) is 9.68. The van der Waals surface area contributed by atoms with Crippen molar-refractivity contribution >= 4 is 34.5 Å². The quantitative estimate of drug-likeness (QED) is 0.309. The van der Waals surface area contributed by atoms with Gasteiger partial charge >= 0.3 is 0 Å². The maximum absolute atomic E-state index is 11.7. The smallest absolute Gasteiger partial charge is 0.286 e. The Kier molecular flexibility index (Phi) is 7.30. The first-order valence-corrected chi connectivity index (χ1v) is 11.1. The Hall–Kier alpha value is -1.78. The molecule has 10 heteroatoms. The number of rotatable bonds is 8. The van der Waals surface area contributed by atoms with Crippen molar-refractivity contribution in [1.82, 2.24) is 15.5 Å². The van der Waals surface area contributed by atoms with Crippen LogP contribution in [0.1, 0.15) is 5.56 Å². The summed E-state index contributed by atoms with van der Waals surface area (Å²) in [6.07, 6.45) is 2.28. The SMILES string of the molecule is C=CN(CCOc1ccc(CC2SC(=O)NC2=O)cc1)C1C(N)C(Cl)NC[N+]1(C)C. The fraction of sp³-hybridized carbons (Fsp3) is 0.500. The van der Waals surface area contributed by atoms with Gasteiger partial charge in [0.25, 0.3) is 5.24 Å². The molecule has 2 amide bonds. The van der Waals surface area contributed by atoms with Crippen molar-refractivity contribution in [2.24, 2.45) is 5.73 Å². The number of nitrogens with two attached hydrogens (primary N) is 1. The number of carbonyl (C=O) groups excluding carboxylic acids is 2. The van der Waals surface area contributed by atoms with Crippen LogP contribution in [-0.4, -0.2) is 77.4 Å². The zero-order chi connectivity index (χ0) is 21.9. The average molecular weight is 455 g/mol. The van der Waals surface area contributed by atoms with E-state index in [1.54, 1.807) is 6.20 Å². The number of amides is 2. The largest absolute Gasteiger partial charge is 0.492 e. The lowest BCUT2D eigenvalue weighted by molar-refractivity contribution is -0.934. The Labute approximate surface area is 186 Å². The van der Waals surface area contributed by atoms with E-state index in [0.29, 0.717) is 30.7 Å². The normalized spacial score (nSPS) is 28.1. The van der Waals surface area contributed by atoms with E-state index >= 15 is 0 Å². The lowest BCUT2D eigenvalue weighted by Gasteiger charge is -2.50. The third-order valence-electron chi connectivity index (χ3n) is 5.40. The Balaban J connectivity index is 1.53. The van der Waals surface area contributed by atoms with Gasteiger partial charge in [-0.15, -0.1) is 11.6 Å². The summed E-state index contributed by atoms with van der Waals surface area (Å²) in [7, 11) is 4.21. The van der Waals surface area contributed by atoms with Crippen LogP contribution in [0, 0.1) is 0 Å². The van der Waals surface area contributed by atoms with Crippen molar-refractivity contribution in [1.29, 1.82) is 0 Å². The number of likely N-dealkylation sites (N-methyl/N-ethyl adjacent to an activating group) is 1. The van der Waals surface area contributed by atoms with Gasteiger partial charge in [-0.1, -0.05) is 30.5 Å². The molecule has 0 spiro atoms. The van der Waals surface area contributed by atoms with Gasteiger partial charge in [0.05, 0.1) is 25.9 Å². The van der Waals surface area contributed by atoms with E-state index in [-0.39, 0.29) is 34.1 Å². The fourth-order valence-corrected chi connectivity index (χ4v) is 4.91. The van der Waals surface area contributed by atoms with Crippen LogP contribution in [0.4, 0.5) is 4.79 Å². The number of alkyl halides is 1. The Morgan fingerprint density at radius 1 is 1.37 bits per heavy atom. The molecule has 0 aromatic heterocycles. The monoisotopic (exact) mass is 454 g/mol. The first kappa shape index (κ1) is 22.9. The number of carbonyl (C=O) groups is 2. The van der Waals surface area contributed by atoms with Crippen LogP contribution in [0.2, 0.25) is 0 Å². The first-order valence-electron chi connectivity index (χ1n) is 9.78. The number of hydrogen-bond donors (Lipinski definition) is 3. The highest BCUT2D eigenvalue weighted by atomic mass is 35.5. The van der Waals surface area contributed by atoms with Crippen molar-refractivity contribution in [3.05, 3.63) is 42.6 Å². The van der Waals surface area contributed by atoms with Gasteiger partial charge < -0.3 is 15.4 Å². The molecule has 2 heterocycles. The molecule has 8 nitrogen and oxygen atoms in total. The van der Waals surface area contributed by atoms with Gasteiger partial charge in [0.15, 0.2) is 6.17 Å². The maximum Gasteiger partial charge on any atom is 0.286 e. The number of thioether (sulfide) groups is 1. The standard InChI is InChI=1S/C20H28ClN5O3S/c1-4-25(19-16(22)17(21)23-12-26(19,2)3)9-10-29-14-7-5-13(6-8-14)11-15-18(27)24-20(28)30-15/h4-8,15-17,19,23H,1,9-12,22H2,2-3H3/p+1. The minimum Gasteiger partial charge on any atom is -0.492 e.